The predicted octanol–water partition coefficient (Wildman–Crippen LogP) is 4.40. The number of oxazole rings is 1. The number of methoxy groups -OCH3 is 1. The van der Waals surface area contributed by atoms with E-state index >= 15 is 0 Å². The number of nitrogens with zero attached hydrogens (tertiary/aromatic N) is 1. The van der Waals surface area contributed by atoms with E-state index in [4.69, 9.17) is 9.15 Å². The molecular formula is C21H22N2O3. The second-order valence-electron chi connectivity index (χ2n) is 6.41. The minimum atomic E-state index is -0.129. The molecule has 0 bridgehead atoms. The number of ether oxygens (including phenoxy) is 1. The number of amides is 1. The number of hydrogen-bond acceptors (Lipinski definition) is 4. The molecule has 2 aromatic carbocycles. The van der Waals surface area contributed by atoms with Gasteiger partial charge in [0.1, 0.15) is 5.75 Å². The zero-order valence-electron chi connectivity index (χ0n) is 15.2. The summed E-state index contributed by atoms with van der Waals surface area (Å²) in [4.78, 5) is 16.9. The second kappa shape index (κ2) is 7.87. The maximum atomic E-state index is 12.5. The van der Waals surface area contributed by atoms with Crippen LogP contribution in [-0.2, 0) is 0 Å². The van der Waals surface area contributed by atoms with Gasteiger partial charge in [-0.3, -0.25) is 4.79 Å². The van der Waals surface area contributed by atoms with Gasteiger partial charge >= 0.3 is 0 Å². The minimum Gasteiger partial charge on any atom is -0.497 e. The number of aromatic nitrogens is 1. The summed E-state index contributed by atoms with van der Waals surface area (Å²) >= 11 is 0. The van der Waals surface area contributed by atoms with Gasteiger partial charge in [-0.05, 0) is 30.2 Å². The summed E-state index contributed by atoms with van der Waals surface area (Å²) in [6.07, 6.45) is 1.66. The van der Waals surface area contributed by atoms with Crippen molar-refractivity contribution in [3.05, 3.63) is 60.3 Å². The topological polar surface area (TPSA) is 64.4 Å². The van der Waals surface area contributed by atoms with E-state index in [1.54, 1.807) is 19.4 Å². The zero-order valence-corrected chi connectivity index (χ0v) is 15.2. The van der Waals surface area contributed by atoms with Crippen molar-refractivity contribution in [3.63, 3.8) is 0 Å². The van der Waals surface area contributed by atoms with Crippen LogP contribution in [0.15, 0.2) is 59.1 Å². The Bertz CT molecular complexity index is 900. The van der Waals surface area contributed by atoms with Gasteiger partial charge in [-0.1, -0.05) is 38.1 Å². The van der Waals surface area contributed by atoms with E-state index in [2.05, 4.69) is 24.1 Å². The molecular weight excluding hydrogens is 328 g/mol. The lowest BCUT2D eigenvalue weighted by atomic mass is 10.1. The van der Waals surface area contributed by atoms with Crippen molar-refractivity contribution in [1.29, 1.82) is 0 Å². The van der Waals surface area contributed by atoms with Gasteiger partial charge in [0, 0.05) is 17.7 Å². The van der Waals surface area contributed by atoms with Crippen LogP contribution >= 0.6 is 0 Å². The molecule has 0 aliphatic heterocycles. The SMILES string of the molecule is COc1cccc(-c2cnc(-c3ccccc3C(=O)NCC(C)C)o2)c1. The van der Waals surface area contributed by atoms with Crippen molar-refractivity contribution in [2.24, 2.45) is 5.92 Å². The number of carbonyl (C=O) groups is 1. The summed E-state index contributed by atoms with van der Waals surface area (Å²) in [5, 5.41) is 2.94. The Morgan fingerprint density at radius 1 is 1.19 bits per heavy atom. The van der Waals surface area contributed by atoms with Crippen molar-refractivity contribution in [1.82, 2.24) is 10.3 Å². The Kier molecular flexibility index (Phi) is 5.37. The van der Waals surface area contributed by atoms with E-state index in [0.717, 1.165) is 11.3 Å². The molecule has 26 heavy (non-hydrogen) atoms. The number of hydrogen-bond donors (Lipinski definition) is 1. The van der Waals surface area contributed by atoms with Crippen LogP contribution in [0.3, 0.4) is 0 Å². The van der Waals surface area contributed by atoms with Gasteiger partial charge in [0.05, 0.1) is 18.9 Å². The zero-order chi connectivity index (χ0) is 18.5. The molecule has 0 fully saturated rings. The maximum Gasteiger partial charge on any atom is 0.252 e. The van der Waals surface area contributed by atoms with Crippen LogP contribution in [-0.4, -0.2) is 24.5 Å². The number of nitrogens with one attached hydrogen (secondary N) is 1. The van der Waals surface area contributed by atoms with E-state index in [1.807, 2.05) is 42.5 Å². The molecule has 0 atom stereocenters. The van der Waals surface area contributed by atoms with E-state index < -0.39 is 0 Å². The average Bonchev–Trinajstić information content (AvgIpc) is 3.16. The number of carbonyl (C=O) groups excluding carboxylic acids is 1. The third kappa shape index (κ3) is 3.94. The standard InChI is InChI=1S/C21H22N2O3/c1-14(2)12-22-20(24)17-9-4-5-10-18(17)21-23-13-19(26-21)15-7-6-8-16(11-15)25-3/h4-11,13-14H,12H2,1-3H3,(H,22,24). The van der Waals surface area contributed by atoms with Gasteiger partial charge in [-0.15, -0.1) is 0 Å². The molecule has 1 heterocycles. The van der Waals surface area contributed by atoms with Crippen molar-refractivity contribution in [2.75, 3.05) is 13.7 Å². The lowest BCUT2D eigenvalue weighted by molar-refractivity contribution is 0.0949. The molecule has 0 spiro atoms. The van der Waals surface area contributed by atoms with Gasteiger partial charge in [0.2, 0.25) is 5.89 Å². The molecule has 1 amide bonds. The predicted molar refractivity (Wildman–Crippen MR) is 101 cm³/mol. The first-order valence-electron chi connectivity index (χ1n) is 8.56. The highest BCUT2D eigenvalue weighted by Gasteiger charge is 2.17. The smallest absolute Gasteiger partial charge is 0.252 e. The highest BCUT2D eigenvalue weighted by molar-refractivity contribution is 6.00. The quantitative estimate of drug-likeness (QED) is 0.715. The van der Waals surface area contributed by atoms with Gasteiger partial charge in [0.15, 0.2) is 5.76 Å². The molecule has 5 heteroatoms. The van der Waals surface area contributed by atoms with Gasteiger partial charge in [0.25, 0.3) is 5.91 Å². The highest BCUT2D eigenvalue weighted by Crippen LogP contribution is 2.29. The molecule has 3 aromatic rings. The normalized spacial score (nSPS) is 10.8. The Balaban J connectivity index is 1.91. The molecule has 1 N–H and O–H groups in total. The van der Waals surface area contributed by atoms with Crippen LogP contribution in [0.2, 0.25) is 0 Å². The fourth-order valence-corrected chi connectivity index (χ4v) is 2.57. The molecule has 134 valence electrons. The van der Waals surface area contributed by atoms with Crippen LogP contribution in [0.4, 0.5) is 0 Å². The first-order chi connectivity index (χ1) is 12.6. The lowest BCUT2D eigenvalue weighted by Gasteiger charge is -2.09. The van der Waals surface area contributed by atoms with E-state index in [0.29, 0.717) is 35.2 Å². The Hall–Kier alpha value is -3.08. The average molecular weight is 350 g/mol. The van der Waals surface area contributed by atoms with Crippen molar-refractivity contribution < 1.29 is 13.9 Å². The first kappa shape index (κ1) is 17.7. The third-order valence-corrected chi connectivity index (χ3v) is 3.93. The van der Waals surface area contributed by atoms with Gasteiger partial charge in [-0.2, -0.15) is 0 Å². The van der Waals surface area contributed by atoms with E-state index in [1.165, 1.54) is 0 Å². The minimum absolute atomic E-state index is 0.129. The largest absolute Gasteiger partial charge is 0.497 e. The summed E-state index contributed by atoms with van der Waals surface area (Å²) < 4.78 is 11.2. The summed E-state index contributed by atoms with van der Waals surface area (Å²) in [6.45, 7) is 4.73. The summed E-state index contributed by atoms with van der Waals surface area (Å²) in [5.74, 6) is 2.03. The van der Waals surface area contributed by atoms with Crippen LogP contribution in [0.5, 0.6) is 5.75 Å². The van der Waals surface area contributed by atoms with E-state index in [-0.39, 0.29) is 5.91 Å². The van der Waals surface area contributed by atoms with Crippen LogP contribution < -0.4 is 10.1 Å². The Labute approximate surface area is 153 Å². The molecule has 0 radical (unpaired) electrons. The highest BCUT2D eigenvalue weighted by atomic mass is 16.5. The second-order valence-corrected chi connectivity index (χ2v) is 6.41. The lowest BCUT2D eigenvalue weighted by Crippen LogP contribution is -2.27. The van der Waals surface area contributed by atoms with Gasteiger partial charge < -0.3 is 14.5 Å². The Morgan fingerprint density at radius 2 is 2.00 bits per heavy atom. The fraction of sp³-hybridized carbons (Fsp3) is 0.238. The van der Waals surface area contributed by atoms with Crippen molar-refractivity contribution in [2.45, 2.75) is 13.8 Å². The molecule has 0 aliphatic rings. The van der Waals surface area contributed by atoms with Crippen molar-refractivity contribution in [3.8, 4) is 28.5 Å². The third-order valence-electron chi connectivity index (χ3n) is 3.93. The monoisotopic (exact) mass is 350 g/mol. The molecule has 5 nitrogen and oxygen atoms in total. The molecule has 3 rings (SSSR count). The van der Waals surface area contributed by atoms with Crippen LogP contribution in [0.25, 0.3) is 22.8 Å². The summed E-state index contributed by atoms with van der Waals surface area (Å²) in [5.41, 5.74) is 2.08. The summed E-state index contributed by atoms with van der Waals surface area (Å²) in [7, 11) is 1.62. The van der Waals surface area contributed by atoms with Crippen LogP contribution in [0, 0.1) is 5.92 Å². The van der Waals surface area contributed by atoms with Crippen LogP contribution in [0.1, 0.15) is 24.2 Å². The molecule has 0 saturated carbocycles. The van der Waals surface area contributed by atoms with Gasteiger partial charge in [-0.25, -0.2) is 4.98 Å². The molecule has 0 saturated heterocycles. The number of benzene rings is 2. The fourth-order valence-electron chi connectivity index (χ4n) is 2.57. The number of rotatable bonds is 6. The molecule has 0 aliphatic carbocycles. The molecule has 0 unspecified atom stereocenters. The van der Waals surface area contributed by atoms with E-state index in [9.17, 15) is 4.79 Å². The Morgan fingerprint density at radius 3 is 2.77 bits per heavy atom. The molecule has 1 aromatic heterocycles. The van der Waals surface area contributed by atoms with Crippen molar-refractivity contribution >= 4 is 5.91 Å². The maximum absolute atomic E-state index is 12.5. The first-order valence-corrected chi connectivity index (χ1v) is 8.56. The summed E-state index contributed by atoms with van der Waals surface area (Å²) in [6, 6.07) is 14.9.